The van der Waals surface area contributed by atoms with E-state index < -0.39 is 0 Å². The molecule has 4 heteroatoms. The maximum atomic E-state index is 11.4. The first kappa shape index (κ1) is 22.5. The van der Waals surface area contributed by atoms with Gasteiger partial charge in [-0.2, -0.15) is 0 Å². The van der Waals surface area contributed by atoms with Gasteiger partial charge in [0.25, 0.3) is 0 Å². The van der Waals surface area contributed by atoms with Crippen LogP contribution >= 0.6 is 0 Å². The Morgan fingerprint density at radius 1 is 0.762 bits per heavy atom. The molecule has 0 aliphatic rings. The van der Waals surface area contributed by atoms with Crippen LogP contribution in [0.4, 0.5) is 4.79 Å². The first-order valence-electron chi connectivity index (χ1n) is 8.71. The average molecular weight is 303 g/mol. The van der Waals surface area contributed by atoms with Crippen molar-refractivity contribution in [2.75, 3.05) is 13.2 Å². The fourth-order valence-corrected chi connectivity index (χ4v) is 2.19. The van der Waals surface area contributed by atoms with Crippen LogP contribution in [0.5, 0.6) is 0 Å². The summed E-state index contributed by atoms with van der Waals surface area (Å²) in [4.78, 5) is 11.4. The number of carbonyl (C=O) groups excluding carboxylic acids is 1. The van der Waals surface area contributed by atoms with E-state index in [9.17, 15) is 4.79 Å². The number of amides is 1. The molecular weight excluding hydrogens is 264 g/mol. The predicted octanol–water partition coefficient (Wildman–Crippen LogP) is 5.60. The highest BCUT2D eigenvalue weighted by Gasteiger charge is 2.00. The van der Waals surface area contributed by atoms with Crippen molar-refractivity contribution < 1.29 is 9.53 Å². The molecule has 4 N–H and O–H groups in total. The predicted molar refractivity (Wildman–Crippen MR) is 91.1 cm³/mol. The molecule has 1 amide bonds. The largest absolute Gasteiger partial charge is 0.450 e. The van der Waals surface area contributed by atoms with Crippen molar-refractivity contribution in [3.63, 3.8) is 0 Å². The topological polar surface area (TPSA) is 73.3 Å². The monoisotopic (exact) mass is 302 g/mol. The van der Waals surface area contributed by atoms with E-state index in [0.717, 1.165) is 19.4 Å². The third-order valence-corrected chi connectivity index (χ3v) is 3.53. The molecule has 21 heavy (non-hydrogen) atoms. The molecule has 0 aliphatic heterocycles. The lowest BCUT2D eigenvalue weighted by atomic mass is 10.1. The summed E-state index contributed by atoms with van der Waals surface area (Å²) in [5.41, 5.74) is 0. The van der Waals surface area contributed by atoms with Crippen molar-refractivity contribution in [2.45, 2.75) is 90.9 Å². The number of unbranched alkanes of at least 4 members (excludes halogenated alkanes) is 10. The van der Waals surface area contributed by atoms with E-state index in [2.05, 4.69) is 19.2 Å². The van der Waals surface area contributed by atoms with Crippen LogP contribution in [0, 0.1) is 0 Å². The van der Waals surface area contributed by atoms with Crippen LogP contribution in [0.1, 0.15) is 90.9 Å². The molecule has 0 saturated heterocycles. The fourth-order valence-electron chi connectivity index (χ4n) is 2.19. The van der Waals surface area contributed by atoms with Crippen LogP contribution in [0.3, 0.4) is 0 Å². The second-order valence-corrected chi connectivity index (χ2v) is 5.60. The molecule has 0 heterocycles. The maximum Gasteiger partial charge on any atom is 0.407 e. The van der Waals surface area contributed by atoms with Gasteiger partial charge in [0, 0.05) is 6.54 Å². The minimum Gasteiger partial charge on any atom is -0.450 e. The van der Waals surface area contributed by atoms with Crippen molar-refractivity contribution >= 4 is 6.09 Å². The van der Waals surface area contributed by atoms with Gasteiger partial charge in [-0.3, -0.25) is 0 Å². The van der Waals surface area contributed by atoms with E-state index in [4.69, 9.17) is 4.74 Å². The molecule has 0 aliphatic carbocycles. The fraction of sp³-hybridized carbons (Fsp3) is 0.941. The number of carbonyl (C=O) groups is 1. The lowest BCUT2D eigenvalue weighted by molar-refractivity contribution is 0.143. The Morgan fingerprint density at radius 2 is 1.24 bits per heavy atom. The molecule has 0 unspecified atom stereocenters. The van der Waals surface area contributed by atoms with Crippen LogP contribution in [-0.4, -0.2) is 19.2 Å². The summed E-state index contributed by atoms with van der Waals surface area (Å²) in [5, 5.41) is 2.82. The number of ether oxygens (including phenoxy) is 1. The first-order valence-corrected chi connectivity index (χ1v) is 8.71. The summed E-state index contributed by atoms with van der Waals surface area (Å²) in [6.45, 7) is 5.76. The molecule has 0 aromatic carbocycles. The number of alkyl carbamates (subject to hydrolysis) is 1. The third kappa shape index (κ3) is 19.2. The highest BCUT2D eigenvalue weighted by atomic mass is 16.5. The number of hydrogen-bond acceptors (Lipinski definition) is 3. The van der Waals surface area contributed by atoms with E-state index in [-0.39, 0.29) is 12.2 Å². The van der Waals surface area contributed by atoms with Crippen LogP contribution < -0.4 is 11.5 Å². The molecule has 0 rings (SSSR count). The Hall–Kier alpha value is -0.770. The maximum absolute atomic E-state index is 11.4. The molecule has 0 aromatic heterocycles. The molecule has 128 valence electrons. The zero-order valence-electron chi connectivity index (χ0n) is 14.4. The summed E-state index contributed by atoms with van der Waals surface area (Å²) in [6, 6.07) is 0. The van der Waals surface area contributed by atoms with Crippen molar-refractivity contribution in [3.05, 3.63) is 0 Å². The van der Waals surface area contributed by atoms with E-state index >= 15 is 0 Å². The third-order valence-electron chi connectivity index (χ3n) is 3.53. The van der Waals surface area contributed by atoms with Gasteiger partial charge in [0.1, 0.15) is 0 Å². The van der Waals surface area contributed by atoms with Gasteiger partial charge in [-0.05, 0) is 12.8 Å². The summed E-state index contributed by atoms with van der Waals surface area (Å²) in [5.74, 6) is 0. The summed E-state index contributed by atoms with van der Waals surface area (Å²) in [7, 11) is 0. The van der Waals surface area contributed by atoms with Gasteiger partial charge in [-0.1, -0.05) is 78.1 Å². The standard InChI is InChI=1S/C17H35NO2.H3N/c1-3-5-7-9-11-13-15-18-17(19)20-16-14-12-10-8-6-4-2;/h3-16H2,1-2H3,(H,18,19);1H3. The molecule has 0 bridgehead atoms. The first-order chi connectivity index (χ1) is 9.81. The second-order valence-electron chi connectivity index (χ2n) is 5.60. The van der Waals surface area contributed by atoms with Crippen molar-refractivity contribution in [1.29, 1.82) is 0 Å². The van der Waals surface area contributed by atoms with Gasteiger partial charge >= 0.3 is 6.09 Å². The second kappa shape index (κ2) is 19.2. The molecule has 0 spiro atoms. The van der Waals surface area contributed by atoms with Crippen molar-refractivity contribution in [1.82, 2.24) is 11.5 Å². The average Bonchev–Trinajstić information content (AvgIpc) is 2.45. The zero-order chi connectivity index (χ0) is 14.9. The quantitative estimate of drug-likeness (QED) is 0.410. The summed E-state index contributed by atoms with van der Waals surface area (Å²) < 4.78 is 5.14. The molecule has 0 fully saturated rings. The molecule has 0 radical (unpaired) electrons. The Kier molecular flexibility index (Phi) is 20.6. The summed E-state index contributed by atoms with van der Waals surface area (Å²) in [6.07, 6.45) is 14.6. The van der Waals surface area contributed by atoms with Crippen molar-refractivity contribution in [3.8, 4) is 0 Å². The van der Waals surface area contributed by atoms with E-state index in [1.165, 1.54) is 64.2 Å². The van der Waals surface area contributed by atoms with E-state index in [0.29, 0.717) is 6.61 Å². The number of hydrogen-bond donors (Lipinski definition) is 2. The van der Waals surface area contributed by atoms with Crippen LogP contribution in [0.2, 0.25) is 0 Å². The smallest absolute Gasteiger partial charge is 0.407 e. The van der Waals surface area contributed by atoms with Gasteiger partial charge in [-0.25, -0.2) is 4.79 Å². The minimum atomic E-state index is -0.243. The lowest BCUT2D eigenvalue weighted by Gasteiger charge is -2.07. The van der Waals surface area contributed by atoms with Crippen molar-refractivity contribution in [2.24, 2.45) is 0 Å². The van der Waals surface area contributed by atoms with Crippen LogP contribution in [-0.2, 0) is 4.74 Å². The van der Waals surface area contributed by atoms with E-state index in [1.807, 2.05) is 0 Å². The molecular formula is C17H38N2O2. The molecule has 0 atom stereocenters. The van der Waals surface area contributed by atoms with Crippen LogP contribution in [0.15, 0.2) is 0 Å². The zero-order valence-corrected chi connectivity index (χ0v) is 14.4. The number of nitrogens with one attached hydrogen (secondary N) is 1. The van der Waals surface area contributed by atoms with Gasteiger partial charge in [0.2, 0.25) is 0 Å². The Labute approximate surface area is 132 Å². The SMILES string of the molecule is CCCCCCCCNC(=O)OCCCCCCCC.N. The molecule has 4 nitrogen and oxygen atoms in total. The van der Waals surface area contributed by atoms with Gasteiger partial charge in [0.15, 0.2) is 0 Å². The molecule has 0 saturated carbocycles. The summed E-state index contributed by atoms with van der Waals surface area (Å²) >= 11 is 0. The lowest BCUT2D eigenvalue weighted by Crippen LogP contribution is -2.25. The minimum absolute atomic E-state index is 0. The van der Waals surface area contributed by atoms with E-state index in [1.54, 1.807) is 0 Å². The Balaban J connectivity index is 0. The van der Waals surface area contributed by atoms with Gasteiger partial charge < -0.3 is 16.2 Å². The van der Waals surface area contributed by atoms with Crippen LogP contribution in [0.25, 0.3) is 0 Å². The van der Waals surface area contributed by atoms with Gasteiger partial charge in [-0.15, -0.1) is 0 Å². The normalized spacial score (nSPS) is 10.0. The highest BCUT2D eigenvalue weighted by Crippen LogP contribution is 2.05. The van der Waals surface area contributed by atoms with Gasteiger partial charge in [0.05, 0.1) is 6.61 Å². The number of rotatable bonds is 14. The molecule has 0 aromatic rings. The Morgan fingerprint density at radius 3 is 1.81 bits per heavy atom. The Bertz CT molecular complexity index is 191. The highest BCUT2D eigenvalue weighted by molar-refractivity contribution is 5.66.